The summed E-state index contributed by atoms with van der Waals surface area (Å²) in [5.41, 5.74) is 5.14. The largest absolute Gasteiger partial charge is 0.297 e. The van der Waals surface area contributed by atoms with Gasteiger partial charge in [0.05, 0.1) is 18.2 Å². The molecule has 0 radical (unpaired) electrons. The monoisotopic (exact) mass is 354 g/mol. The fourth-order valence-electron chi connectivity index (χ4n) is 2.90. The van der Waals surface area contributed by atoms with Gasteiger partial charge in [0.25, 0.3) is 0 Å². The van der Waals surface area contributed by atoms with Crippen molar-refractivity contribution in [2.24, 2.45) is 5.92 Å². The lowest BCUT2D eigenvalue weighted by atomic mass is 9.79. The molecule has 0 spiro atoms. The van der Waals surface area contributed by atoms with Crippen LogP contribution in [0.5, 0.6) is 0 Å². The minimum Gasteiger partial charge on any atom is -0.297 e. The van der Waals surface area contributed by atoms with E-state index in [2.05, 4.69) is 17.0 Å². The van der Waals surface area contributed by atoms with Gasteiger partial charge in [-0.2, -0.15) is 5.48 Å². The molecular formula is C21H26N2O3. The molecule has 1 atom stereocenters. The van der Waals surface area contributed by atoms with Gasteiger partial charge in [0, 0.05) is 25.2 Å². The quantitative estimate of drug-likeness (QED) is 0.255. The molecule has 2 rings (SSSR count). The molecule has 5 heteroatoms. The van der Waals surface area contributed by atoms with Crippen LogP contribution in [0.1, 0.15) is 38.7 Å². The van der Waals surface area contributed by atoms with Crippen molar-refractivity contribution in [1.29, 1.82) is 0 Å². The summed E-state index contributed by atoms with van der Waals surface area (Å²) in [5.74, 6) is -0.263. The Labute approximate surface area is 154 Å². The van der Waals surface area contributed by atoms with Crippen LogP contribution >= 0.6 is 0 Å². The lowest BCUT2D eigenvalue weighted by Crippen LogP contribution is -2.32. The fraction of sp³-hybridized carbons (Fsp3) is 0.381. The van der Waals surface area contributed by atoms with E-state index in [1.54, 1.807) is 24.5 Å². The third-order valence-corrected chi connectivity index (χ3v) is 4.43. The Kier molecular flexibility index (Phi) is 7.63. The first-order valence-corrected chi connectivity index (χ1v) is 8.89. The Morgan fingerprint density at radius 1 is 1.42 bits per heavy atom. The van der Waals surface area contributed by atoms with Crippen molar-refractivity contribution >= 4 is 17.6 Å². The van der Waals surface area contributed by atoms with E-state index >= 15 is 0 Å². The van der Waals surface area contributed by atoms with E-state index in [4.69, 9.17) is 4.84 Å². The number of aromatic nitrogens is 1. The Hall–Kier alpha value is -2.37. The van der Waals surface area contributed by atoms with E-state index in [1.807, 2.05) is 32.1 Å². The smallest absolute Gasteiger partial charge is 0.166 e. The second-order valence-electron chi connectivity index (χ2n) is 6.44. The van der Waals surface area contributed by atoms with E-state index in [-0.39, 0.29) is 29.1 Å². The number of pyridine rings is 1. The number of allylic oxidation sites excluding steroid dienone is 2. The fourth-order valence-corrected chi connectivity index (χ4v) is 2.90. The summed E-state index contributed by atoms with van der Waals surface area (Å²) in [4.78, 5) is 34.4. The predicted octanol–water partition coefficient (Wildman–Crippen LogP) is 3.45. The Balaban J connectivity index is 2.07. The van der Waals surface area contributed by atoms with E-state index in [0.29, 0.717) is 25.9 Å². The molecule has 0 bridgehead atoms. The minimum absolute atomic E-state index is 0.0580. The first-order valence-electron chi connectivity index (χ1n) is 8.89. The zero-order valence-corrected chi connectivity index (χ0v) is 15.4. The molecule has 0 aliphatic heterocycles. The van der Waals surface area contributed by atoms with Crippen LogP contribution in [0.25, 0.3) is 6.08 Å². The molecule has 138 valence electrons. The maximum Gasteiger partial charge on any atom is 0.166 e. The molecule has 1 aromatic heterocycles. The number of ketones is 2. The SMILES string of the molecule is C=CCONC(C=C1C(=O)CC(C(C)=Cc2cccnc2)CC1=O)CC. The van der Waals surface area contributed by atoms with Crippen LogP contribution in [0.4, 0.5) is 0 Å². The van der Waals surface area contributed by atoms with Crippen LogP contribution in [0.3, 0.4) is 0 Å². The van der Waals surface area contributed by atoms with Gasteiger partial charge in [0.15, 0.2) is 11.6 Å². The lowest BCUT2D eigenvalue weighted by Gasteiger charge is -2.24. The molecule has 1 aliphatic carbocycles. The van der Waals surface area contributed by atoms with Crippen molar-refractivity contribution in [2.45, 2.75) is 39.2 Å². The standard InChI is InChI=1S/C21H26N2O3/c1-4-9-26-23-18(5-2)13-19-20(24)11-17(12-21(19)25)15(3)10-16-7-6-8-22-14-16/h4,6-8,10,13-14,17-18,23H,1,5,9,11-12H2,2-3H3. The summed E-state index contributed by atoms with van der Waals surface area (Å²) in [6.45, 7) is 7.87. The van der Waals surface area contributed by atoms with Crippen molar-refractivity contribution < 1.29 is 14.4 Å². The van der Waals surface area contributed by atoms with Crippen LogP contribution < -0.4 is 5.48 Å². The van der Waals surface area contributed by atoms with Gasteiger partial charge in [0.1, 0.15) is 0 Å². The van der Waals surface area contributed by atoms with Crippen molar-refractivity contribution in [3.8, 4) is 0 Å². The van der Waals surface area contributed by atoms with E-state index in [1.165, 1.54) is 0 Å². The Morgan fingerprint density at radius 3 is 2.73 bits per heavy atom. The van der Waals surface area contributed by atoms with Gasteiger partial charge in [0.2, 0.25) is 0 Å². The summed E-state index contributed by atoms with van der Waals surface area (Å²) in [7, 11) is 0. The first-order chi connectivity index (χ1) is 12.5. The van der Waals surface area contributed by atoms with Crippen LogP contribution in [-0.2, 0) is 14.4 Å². The van der Waals surface area contributed by atoms with Crippen molar-refractivity contribution in [3.63, 3.8) is 0 Å². The van der Waals surface area contributed by atoms with Gasteiger partial charge in [-0.1, -0.05) is 36.8 Å². The molecule has 0 aromatic carbocycles. The van der Waals surface area contributed by atoms with Crippen LogP contribution in [0, 0.1) is 5.92 Å². The number of nitrogens with zero attached hydrogens (tertiary/aromatic N) is 1. The highest BCUT2D eigenvalue weighted by Crippen LogP contribution is 2.30. The molecule has 1 heterocycles. The van der Waals surface area contributed by atoms with Gasteiger partial charge in [-0.25, -0.2) is 0 Å². The molecule has 1 N–H and O–H groups in total. The number of carbonyl (C=O) groups excluding carboxylic acids is 2. The molecule has 0 saturated heterocycles. The van der Waals surface area contributed by atoms with Crippen LogP contribution in [0.2, 0.25) is 0 Å². The minimum atomic E-state index is -0.179. The van der Waals surface area contributed by atoms with Gasteiger partial charge in [-0.05, 0) is 30.9 Å². The highest BCUT2D eigenvalue weighted by atomic mass is 16.6. The average Bonchev–Trinajstić information content (AvgIpc) is 2.64. The highest BCUT2D eigenvalue weighted by Gasteiger charge is 2.31. The van der Waals surface area contributed by atoms with Gasteiger partial charge >= 0.3 is 0 Å². The molecule has 26 heavy (non-hydrogen) atoms. The van der Waals surface area contributed by atoms with Gasteiger partial charge in [-0.15, -0.1) is 6.58 Å². The van der Waals surface area contributed by atoms with Crippen LogP contribution in [0.15, 0.2) is 54.4 Å². The zero-order chi connectivity index (χ0) is 18.9. The number of Topliss-reactive ketones (excluding diaryl/α,β-unsaturated/α-hetero) is 2. The maximum absolute atomic E-state index is 12.5. The van der Waals surface area contributed by atoms with E-state index in [9.17, 15) is 9.59 Å². The molecule has 1 saturated carbocycles. The predicted molar refractivity (Wildman–Crippen MR) is 102 cm³/mol. The van der Waals surface area contributed by atoms with Gasteiger partial charge in [-0.3, -0.25) is 19.4 Å². The summed E-state index contributed by atoms with van der Waals surface area (Å²) < 4.78 is 0. The van der Waals surface area contributed by atoms with Gasteiger partial charge < -0.3 is 0 Å². The lowest BCUT2D eigenvalue weighted by molar-refractivity contribution is -0.125. The van der Waals surface area contributed by atoms with Crippen LogP contribution in [-0.4, -0.2) is 29.2 Å². The van der Waals surface area contributed by atoms with E-state index in [0.717, 1.165) is 11.1 Å². The molecular weight excluding hydrogens is 328 g/mol. The second kappa shape index (κ2) is 9.94. The summed E-state index contributed by atoms with van der Waals surface area (Å²) >= 11 is 0. The first kappa shape index (κ1) is 19.9. The number of hydrogen-bond donors (Lipinski definition) is 1. The van der Waals surface area contributed by atoms with Crippen molar-refractivity contribution in [2.75, 3.05) is 6.61 Å². The number of nitrogens with one attached hydrogen (secondary N) is 1. The van der Waals surface area contributed by atoms with Crippen molar-refractivity contribution in [3.05, 3.63) is 60.0 Å². The molecule has 5 nitrogen and oxygen atoms in total. The summed E-state index contributed by atoms with van der Waals surface area (Å²) in [6, 6.07) is 3.64. The number of hydrogen-bond acceptors (Lipinski definition) is 5. The van der Waals surface area contributed by atoms with Crippen molar-refractivity contribution in [1.82, 2.24) is 10.5 Å². The molecule has 0 amide bonds. The maximum atomic E-state index is 12.5. The third-order valence-electron chi connectivity index (χ3n) is 4.43. The van der Waals surface area contributed by atoms with E-state index < -0.39 is 0 Å². The number of carbonyl (C=O) groups is 2. The topological polar surface area (TPSA) is 68.3 Å². The molecule has 1 unspecified atom stereocenters. The summed E-state index contributed by atoms with van der Waals surface area (Å²) in [6.07, 6.45) is 10.2. The Morgan fingerprint density at radius 2 is 2.15 bits per heavy atom. The second-order valence-corrected chi connectivity index (χ2v) is 6.44. The molecule has 1 aliphatic rings. The summed E-state index contributed by atoms with van der Waals surface area (Å²) in [5, 5.41) is 0. The normalized spacial score (nSPS) is 19.4. The zero-order valence-electron chi connectivity index (χ0n) is 15.4. The number of rotatable bonds is 8. The Bertz CT molecular complexity index is 687. The molecule has 1 fully saturated rings. The number of hydroxylamine groups is 1. The third kappa shape index (κ3) is 5.58. The molecule has 1 aromatic rings. The highest BCUT2D eigenvalue weighted by molar-refractivity contribution is 6.22. The average molecular weight is 354 g/mol.